The first-order chi connectivity index (χ1) is 27.3. The number of nitrogens with two attached hydrogens (primary N) is 1. The lowest BCUT2D eigenvalue weighted by Gasteiger charge is -2.18. The summed E-state index contributed by atoms with van der Waals surface area (Å²) in [6.45, 7) is 17.7. The minimum atomic E-state index is 0.0494. The van der Waals surface area contributed by atoms with Gasteiger partial charge in [-0.15, -0.1) is 0 Å². The Labute approximate surface area is 338 Å². The molecule has 0 saturated heterocycles. The van der Waals surface area contributed by atoms with Crippen molar-refractivity contribution in [3.63, 3.8) is 0 Å². The highest BCUT2D eigenvalue weighted by molar-refractivity contribution is 6.13. The fourth-order valence-electron chi connectivity index (χ4n) is 6.49. The molecule has 0 aliphatic heterocycles. The molecule has 2 unspecified atom stereocenters. The Morgan fingerprint density at radius 1 is 0.679 bits per heavy atom. The normalized spacial score (nSPS) is 13.0. The summed E-state index contributed by atoms with van der Waals surface area (Å²) in [6, 6.07) is 19.0. The number of hydrogen-bond donors (Lipinski definition) is 2. The van der Waals surface area contributed by atoms with Crippen molar-refractivity contribution in [2.75, 3.05) is 33.5 Å². The highest BCUT2D eigenvalue weighted by atomic mass is 16.5. The van der Waals surface area contributed by atoms with E-state index in [2.05, 4.69) is 34.3 Å². The van der Waals surface area contributed by atoms with Gasteiger partial charge in [0.1, 0.15) is 28.7 Å². The van der Waals surface area contributed by atoms with Gasteiger partial charge >= 0.3 is 0 Å². The van der Waals surface area contributed by atoms with Gasteiger partial charge in [-0.2, -0.15) is 0 Å². The maximum absolute atomic E-state index is 11.2. The van der Waals surface area contributed by atoms with E-state index in [4.69, 9.17) is 34.7 Å². The SMILES string of the molecule is C=C(N=C(N=C(C)c1ccc(OC)cc1)c1ccc(OCC(CC)CCCC)cc1OCCCCCCCCN)c1ccc(OCC(CC)CCCC)cc1O. The van der Waals surface area contributed by atoms with E-state index in [1.807, 2.05) is 61.5 Å². The first-order valence-electron chi connectivity index (χ1n) is 21.3. The van der Waals surface area contributed by atoms with Crippen LogP contribution in [0.25, 0.3) is 5.70 Å². The number of phenolic OH excluding ortho intramolecular Hbond substituents is 1. The largest absolute Gasteiger partial charge is 0.507 e. The van der Waals surface area contributed by atoms with E-state index in [1.54, 1.807) is 13.2 Å². The smallest absolute Gasteiger partial charge is 0.163 e. The first-order valence-corrected chi connectivity index (χ1v) is 21.3. The maximum Gasteiger partial charge on any atom is 0.163 e. The van der Waals surface area contributed by atoms with Gasteiger partial charge in [-0.3, -0.25) is 0 Å². The summed E-state index contributed by atoms with van der Waals surface area (Å²) in [6.07, 6.45) is 15.7. The second kappa shape index (κ2) is 26.5. The minimum absolute atomic E-state index is 0.0494. The lowest BCUT2D eigenvalue weighted by atomic mass is 10.0. The standard InChI is InChI=1S/C48H71N3O5/c1-8-12-20-38(10-3)34-55-42-26-28-44(46(52)32-42)37(6)51-48(50-36(5)40-22-24-41(53-7)25-23-40)45-29-27-43(56-35-39(11-4)21-13-9-2)33-47(45)54-31-19-17-15-14-16-18-30-49/h22-29,32-33,38-39,52H,6,8-21,30-31,34-35,49H2,1-5,7H3. The number of ether oxygens (including phenoxy) is 4. The Hall–Kier alpha value is -4.30. The first kappa shape index (κ1) is 46.1. The van der Waals surface area contributed by atoms with Crippen molar-refractivity contribution in [2.45, 2.75) is 125 Å². The lowest BCUT2D eigenvalue weighted by Crippen LogP contribution is -2.12. The summed E-state index contributed by atoms with van der Waals surface area (Å²) in [7, 11) is 1.65. The summed E-state index contributed by atoms with van der Waals surface area (Å²) >= 11 is 0. The van der Waals surface area contributed by atoms with Crippen LogP contribution < -0.4 is 24.7 Å². The molecule has 8 heteroatoms. The molecule has 3 aromatic carbocycles. The summed E-state index contributed by atoms with van der Waals surface area (Å²) in [5.74, 6) is 4.23. The summed E-state index contributed by atoms with van der Waals surface area (Å²) in [5, 5.41) is 11.2. The molecule has 0 aliphatic rings. The van der Waals surface area contributed by atoms with Gasteiger partial charge in [0.05, 0.1) is 38.2 Å². The molecule has 0 bridgehead atoms. The van der Waals surface area contributed by atoms with Crippen LogP contribution in [0.3, 0.4) is 0 Å². The zero-order valence-corrected chi connectivity index (χ0v) is 35.4. The van der Waals surface area contributed by atoms with E-state index in [9.17, 15) is 5.11 Å². The number of unbranched alkanes of at least 4 members (excludes halogenated alkanes) is 7. The molecular weight excluding hydrogens is 699 g/mol. The van der Waals surface area contributed by atoms with E-state index < -0.39 is 0 Å². The highest BCUT2D eigenvalue weighted by Gasteiger charge is 2.17. The van der Waals surface area contributed by atoms with Crippen LogP contribution in [0.2, 0.25) is 0 Å². The number of rotatable bonds is 28. The Kier molecular flexibility index (Phi) is 21.8. The van der Waals surface area contributed by atoms with Crippen LogP contribution in [0, 0.1) is 11.8 Å². The summed E-state index contributed by atoms with van der Waals surface area (Å²) in [5.41, 5.74) is 8.95. The second-order valence-corrected chi connectivity index (χ2v) is 14.9. The van der Waals surface area contributed by atoms with E-state index in [1.165, 1.54) is 32.1 Å². The van der Waals surface area contributed by atoms with Gasteiger partial charge in [-0.1, -0.05) is 98.5 Å². The fraction of sp³-hybridized carbons (Fsp3) is 0.542. The predicted molar refractivity (Wildman–Crippen MR) is 235 cm³/mol. The molecule has 0 saturated carbocycles. The maximum atomic E-state index is 11.2. The molecule has 0 fully saturated rings. The van der Waals surface area contributed by atoms with Crippen molar-refractivity contribution in [2.24, 2.45) is 27.6 Å². The van der Waals surface area contributed by atoms with E-state index >= 15 is 0 Å². The van der Waals surface area contributed by atoms with E-state index in [0.717, 1.165) is 87.1 Å². The van der Waals surface area contributed by atoms with Gasteiger partial charge in [0, 0.05) is 23.4 Å². The van der Waals surface area contributed by atoms with Gasteiger partial charge in [-0.25, -0.2) is 9.98 Å². The zero-order valence-electron chi connectivity index (χ0n) is 35.4. The molecule has 0 spiro atoms. The molecule has 2 atom stereocenters. The third kappa shape index (κ3) is 16.0. The monoisotopic (exact) mass is 770 g/mol. The summed E-state index contributed by atoms with van der Waals surface area (Å²) < 4.78 is 24.4. The van der Waals surface area contributed by atoms with Crippen LogP contribution >= 0.6 is 0 Å². The molecule has 0 aromatic heterocycles. The molecule has 0 heterocycles. The third-order valence-corrected chi connectivity index (χ3v) is 10.4. The average molecular weight is 770 g/mol. The number of nitrogens with zero attached hydrogens (tertiary/aromatic N) is 2. The Bertz CT molecular complexity index is 1630. The number of amidine groups is 1. The van der Waals surface area contributed by atoms with Gasteiger partial charge in [0.25, 0.3) is 0 Å². The summed E-state index contributed by atoms with van der Waals surface area (Å²) in [4.78, 5) is 10.1. The molecule has 3 N–H and O–H groups in total. The van der Waals surface area contributed by atoms with Crippen LogP contribution in [0.1, 0.15) is 141 Å². The molecule has 8 nitrogen and oxygen atoms in total. The molecule has 3 aromatic rings. The Morgan fingerprint density at radius 3 is 1.79 bits per heavy atom. The second-order valence-electron chi connectivity index (χ2n) is 14.9. The Morgan fingerprint density at radius 2 is 1.23 bits per heavy atom. The molecule has 0 aliphatic carbocycles. The van der Waals surface area contributed by atoms with Crippen LogP contribution in [0.5, 0.6) is 28.7 Å². The lowest BCUT2D eigenvalue weighted by molar-refractivity contribution is 0.231. The van der Waals surface area contributed by atoms with E-state index in [0.29, 0.717) is 65.8 Å². The topological polar surface area (TPSA) is 108 Å². The van der Waals surface area contributed by atoms with Crippen LogP contribution in [-0.4, -0.2) is 50.1 Å². The molecule has 308 valence electrons. The molecule has 0 radical (unpaired) electrons. The molecule has 0 amide bonds. The van der Waals surface area contributed by atoms with E-state index in [-0.39, 0.29) is 5.75 Å². The molecule has 56 heavy (non-hydrogen) atoms. The van der Waals surface area contributed by atoms with Crippen LogP contribution in [0.15, 0.2) is 77.2 Å². The van der Waals surface area contributed by atoms with Crippen molar-refractivity contribution in [1.29, 1.82) is 0 Å². The highest BCUT2D eigenvalue weighted by Crippen LogP contribution is 2.33. The molecular formula is C48H71N3O5. The van der Waals surface area contributed by atoms with Crippen molar-refractivity contribution >= 4 is 17.2 Å². The van der Waals surface area contributed by atoms with Crippen LogP contribution in [0.4, 0.5) is 0 Å². The number of phenols is 1. The zero-order chi connectivity index (χ0) is 40.5. The number of hydrogen-bond acceptors (Lipinski definition) is 7. The quantitative estimate of drug-likeness (QED) is 0.0432. The predicted octanol–water partition coefficient (Wildman–Crippen LogP) is 12.2. The van der Waals surface area contributed by atoms with Gasteiger partial charge in [0.2, 0.25) is 0 Å². The van der Waals surface area contributed by atoms with Crippen molar-refractivity contribution < 1.29 is 24.1 Å². The number of aromatic hydroxyl groups is 1. The number of benzene rings is 3. The number of aliphatic imine (C=N–C) groups is 2. The average Bonchev–Trinajstić information content (AvgIpc) is 3.21. The fourth-order valence-corrected chi connectivity index (χ4v) is 6.49. The van der Waals surface area contributed by atoms with Gasteiger partial charge in [0.15, 0.2) is 5.84 Å². The molecule has 3 rings (SSSR count). The van der Waals surface area contributed by atoms with Gasteiger partial charge in [-0.05, 0) is 105 Å². The van der Waals surface area contributed by atoms with Gasteiger partial charge < -0.3 is 29.8 Å². The number of methoxy groups -OCH3 is 1. The Balaban J connectivity index is 2.00. The van der Waals surface area contributed by atoms with Crippen LogP contribution in [-0.2, 0) is 0 Å². The minimum Gasteiger partial charge on any atom is -0.507 e. The van der Waals surface area contributed by atoms with Crippen molar-refractivity contribution in [3.05, 3.63) is 83.9 Å². The van der Waals surface area contributed by atoms with Crippen molar-refractivity contribution in [1.82, 2.24) is 0 Å². The third-order valence-electron chi connectivity index (χ3n) is 10.4. The van der Waals surface area contributed by atoms with Crippen molar-refractivity contribution in [3.8, 4) is 28.7 Å².